The molecule has 0 atom stereocenters. The van der Waals surface area contributed by atoms with Crippen LogP contribution in [0.3, 0.4) is 0 Å². The van der Waals surface area contributed by atoms with Crippen molar-refractivity contribution in [2.24, 2.45) is 0 Å². The third-order valence-electron chi connectivity index (χ3n) is 2.47. The van der Waals surface area contributed by atoms with Crippen molar-refractivity contribution in [3.63, 3.8) is 0 Å². The highest BCUT2D eigenvalue weighted by Gasteiger charge is 2.19. The van der Waals surface area contributed by atoms with Gasteiger partial charge in [-0.2, -0.15) is 0 Å². The quantitative estimate of drug-likeness (QED) is 0.706. The van der Waals surface area contributed by atoms with Gasteiger partial charge in [-0.05, 0) is 12.1 Å². The van der Waals surface area contributed by atoms with Crippen molar-refractivity contribution in [3.8, 4) is 5.75 Å². The third kappa shape index (κ3) is 1.72. The van der Waals surface area contributed by atoms with Crippen molar-refractivity contribution in [2.75, 3.05) is 7.11 Å². The smallest absolute Gasteiger partial charge is 0.176 e. The van der Waals surface area contributed by atoms with E-state index in [2.05, 4.69) is 26.8 Å². The van der Waals surface area contributed by atoms with Gasteiger partial charge in [0.25, 0.3) is 0 Å². The van der Waals surface area contributed by atoms with Gasteiger partial charge in [0.15, 0.2) is 11.3 Å². The van der Waals surface area contributed by atoms with Gasteiger partial charge in [-0.25, -0.2) is 0 Å². The first-order valence-electron chi connectivity index (χ1n) is 5.09. The Kier molecular flexibility index (Phi) is 2.22. The van der Waals surface area contributed by atoms with Gasteiger partial charge in [-0.15, -0.1) is 0 Å². The Hall–Kier alpha value is -1.44. The molecule has 0 aliphatic carbocycles. The summed E-state index contributed by atoms with van der Waals surface area (Å²) in [6.07, 6.45) is 0. The molecule has 15 heavy (non-hydrogen) atoms. The van der Waals surface area contributed by atoms with Gasteiger partial charge in [-0.1, -0.05) is 32.9 Å². The van der Waals surface area contributed by atoms with Crippen molar-refractivity contribution in [3.05, 3.63) is 30.0 Å². The summed E-state index contributed by atoms with van der Waals surface area (Å²) in [6.45, 7) is 6.41. The van der Waals surface area contributed by atoms with Crippen LogP contribution in [0.5, 0.6) is 5.75 Å². The van der Waals surface area contributed by atoms with E-state index in [1.807, 2.05) is 18.2 Å². The molecular formula is C13H16O2. The summed E-state index contributed by atoms with van der Waals surface area (Å²) in [4.78, 5) is 0. The van der Waals surface area contributed by atoms with E-state index >= 15 is 0 Å². The molecule has 0 saturated carbocycles. The van der Waals surface area contributed by atoms with Gasteiger partial charge in [0, 0.05) is 10.8 Å². The summed E-state index contributed by atoms with van der Waals surface area (Å²) in [7, 11) is 1.66. The van der Waals surface area contributed by atoms with Gasteiger partial charge in [0.05, 0.1) is 7.11 Å². The molecule has 0 N–H and O–H groups in total. The largest absolute Gasteiger partial charge is 0.493 e. The first-order valence-corrected chi connectivity index (χ1v) is 5.09. The summed E-state index contributed by atoms with van der Waals surface area (Å²) in [6, 6.07) is 8.01. The van der Waals surface area contributed by atoms with Gasteiger partial charge < -0.3 is 9.15 Å². The minimum atomic E-state index is 0.0318. The molecule has 1 aromatic carbocycles. The van der Waals surface area contributed by atoms with Gasteiger partial charge in [0.2, 0.25) is 0 Å². The molecule has 0 saturated heterocycles. The van der Waals surface area contributed by atoms with Crippen LogP contribution in [0.25, 0.3) is 11.0 Å². The number of hydrogen-bond donors (Lipinski definition) is 0. The molecule has 80 valence electrons. The summed E-state index contributed by atoms with van der Waals surface area (Å²) < 4.78 is 11.1. The highest BCUT2D eigenvalue weighted by molar-refractivity contribution is 5.83. The van der Waals surface area contributed by atoms with E-state index in [0.717, 1.165) is 22.5 Å². The normalized spacial score (nSPS) is 12.0. The zero-order valence-electron chi connectivity index (χ0n) is 9.63. The Morgan fingerprint density at radius 2 is 1.93 bits per heavy atom. The topological polar surface area (TPSA) is 22.4 Å². The van der Waals surface area contributed by atoms with E-state index in [4.69, 9.17) is 9.15 Å². The molecule has 0 aliphatic heterocycles. The standard InChI is InChI=1S/C13H16O2/c1-13(2,3)11-8-9-6-5-7-10(14-4)12(9)15-11/h5-8H,1-4H3. The summed E-state index contributed by atoms with van der Waals surface area (Å²) in [5.74, 6) is 1.78. The van der Waals surface area contributed by atoms with Crippen molar-refractivity contribution in [2.45, 2.75) is 26.2 Å². The van der Waals surface area contributed by atoms with E-state index in [1.54, 1.807) is 7.11 Å². The van der Waals surface area contributed by atoms with Crippen molar-refractivity contribution in [1.82, 2.24) is 0 Å². The Balaban J connectivity index is 2.65. The van der Waals surface area contributed by atoms with Gasteiger partial charge in [-0.3, -0.25) is 0 Å². The van der Waals surface area contributed by atoms with E-state index < -0.39 is 0 Å². The lowest BCUT2D eigenvalue weighted by molar-refractivity contribution is 0.393. The second-order valence-corrected chi connectivity index (χ2v) is 4.74. The maximum absolute atomic E-state index is 5.83. The SMILES string of the molecule is COc1cccc2cc(C(C)(C)C)oc12. The van der Waals surface area contributed by atoms with Gasteiger partial charge in [0.1, 0.15) is 5.76 Å². The van der Waals surface area contributed by atoms with Gasteiger partial charge >= 0.3 is 0 Å². The fourth-order valence-corrected chi connectivity index (χ4v) is 1.57. The second-order valence-electron chi connectivity index (χ2n) is 4.74. The number of rotatable bonds is 1. The first-order chi connectivity index (χ1) is 7.02. The number of furan rings is 1. The Morgan fingerprint density at radius 1 is 1.20 bits per heavy atom. The lowest BCUT2D eigenvalue weighted by Crippen LogP contribution is -2.08. The Bertz CT molecular complexity index is 475. The number of methoxy groups -OCH3 is 1. The maximum atomic E-state index is 5.83. The highest BCUT2D eigenvalue weighted by Crippen LogP contribution is 2.33. The molecule has 2 nitrogen and oxygen atoms in total. The average Bonchev–Trinajstić information content (AvgIpc) is 2.59. The number of hydrogen-bond acceptors (Lipinski definition) is 2. The average molecular weight is 204 g/mol. The van der Waals surface area contributed by atoms with Crippen LogP contribution >= 0.6 is 0 Å². The van der Waals surface area contributed by atoms with Crippen molar-refractivity contribution >= 4 is 11.0 Å². The van der Waals surface area contributed by atoms with Crippen LogP contribution in [0, 0.1) is 0 Å². The monoisotopic (exact) mass is 204 g/mol. The number of fused-ring (bicyclic) bond motifs is 1. The number of ether oxygens (including phenoxy) is 1. The Labute approximate surface area is 89.8 Å². The number of para-hydroxylation sites is 1. The van der Waals surface area contributed by atoms with E-state index in [-0.39, 0.29) is 5.41 Å². The maximum Gasteiger partial charge on any atom is 0.176 e. The van der Waals surface area contributed by atoms with E-state index in [1.165, 1.54) is 0 Å². The van der Waals surface area contributed by atoms with E-state index in [9.17, 15) is 0 Å². The summed E-state index contributed by atoms with van der Waals surface area (Å²) in [5, 5.41) is 1.10. The molecule has 0 amide bonds. The lowest BCUT2D eigenvalue weighted by Gasteiger charge is -2.13. The third-order valence-corrected chi connectivity index (χ3v) is 2.47. The first kappa shape index (κ1) is 10.1. The van der Waals surface area contributed by atoms with Crippen molar-refractivity contribution in [1.29, 1.82) is 0 Å². The molecule has 0 radical (unpaired) electrons. The van der Waals surface area contributed by atoms with Crippen LogP contribution in [-0.2, 0) is 5.41 Å². The van der Waals surface area contributed by atoms with Crippen LogP contribution in [0.2, 0.25) is 0 Å². The molecule has 0 unspecified atom stereocenters. The fraction of sp³-hybridized carbons (Fsp3) is 0.385. The fourth-order valence-electron chi connectivity index (χ4n) is 1.57. The van der Waals surface area contributed by atoms with Crippen LogP contribution in [0.15, 0.2) is 28.7 Å². The molecule has 2 heteroatoms. The molecule has 1 heterocycles. The van der Waals surface area contributed by atoms with Crippen LogP contribution in [0.4, 0.5) is 0 Å². The molecule has 0 bridgehead atoms. The predicted octanol–water partition coefficient (Wildman–Crippen LogP) is 3.74. The zero-order valence-corrected chi connectivity index (χ0v) is 9.63. The minimum Gasteiger partial charge on any atom is -0.493 e. The summed E-state index contributed by atoms with van der Waals surface area (Å²) >= 11 is 0. The molecular weight excluding hydrogens is 188 g/mol. The Morgan fingerprint density at radius 3 is 2.53 bits per heavy atom. The van der Waals surface area contributed by atoms with Crippen LogP contribution in [0.1, 0.15) is 26.5 Å². The lowest BCUT2D eigenvalue weighted by atomic mass is 9.93. The molecule has 1 aromatic heterocycles. The number of benzene rings is 1. The molecule has 2 aromatic rings. The zero-order chi connectivity index (χ0) is 11.1. The van der Waals surface area contributed by atoms with Crippen LogP contribution < -0.4 is 4.74 Å². The minimum absolute atomic E-state index is 0.0318. The molecule has 2 rings (SSSR count). The second kappa shape index (κ2) is 3.30. The van der Waals surface area contributed by atoms with E-state index in [0.29, 0.717) is 0 Å². The summed E-state index contributed by atoms with van der Waals surface area (Å²) in [5.41, 5.74) is 0.870. The molecule has 0 aliphatic rings. The molecule has 0 spiro atoms. The van der Waals surface area contributed by atoms with Crippen molar-refractivity contribution < 1.29 is 9.15 Å². The van der Waals surface area contributed by atoms with Crippen LogP contribution in [-0.4, -0.2) is 7.11 Å². The highest BCUT2D eigenvalue weighted by atomic mass is 16.5. The molecule has 0 fully saturated rings. The predicted molar refractivity (Wildman–Crippen MR) is 61.5 cm³/mol.